The quantitative estimate of drug-likeness (QED) is 0.816. The van der Waals surface area contributed by atoms with Gasteiger partial charge in [0, 0.05) is 25.0 Å². The number of carbonyl (C=O) groups is 2. The Hall–Kier alpha value is -2.11. The minimum absolute atomic E-state index is 0.219. The van der Waals surface area contributed by atoms with E-state index in [0.717, 1.165) is 12.8 Å². The fourth-order valence-corrected chi connectivity index (χ4v) is 3.05. The predicted molar refractivity (Wildman–Crippen MR) is 81.3 cm³/mol. The van der Waals surface area contributed by atoms with E-state index in [1.165, 1.54) is 38.3 Å². The van der Waals surface area contributed by atoms with Crippen LogP contribution in [-0.2, 0) is 16.1 Å². The lowest BCUT2D eigenvalue weighted by Crippen LogP contribution is -2.16. The molecular formula is C16H22N2O4. The number of hydrogen-bond acceptors (Lipinski definition) is 3. The van der Waals surface area contributed by atoms with Crippen molar-refractivity contribution in [3.8, 4) is 0 Å². The SMILES string of the molecule is O=C(O)C=C(C(=O)O)c1nccn1CC1CCCCCCC1. The van der Waals surface area contributed by atoms with Crippen molar-refractivity contribution in [3.63, 3.8) is 0 Å². The molecule has 1 aliphatic rings. The third-order valence-corrected chi connectivity index (χ3v) is 4.13. The Labute approximate surface area is 129 Å². The monoisotopic (exact) mass is 306 g/mol. The van der Waals surface area contributed by atoms with Crippen LogP contribution in [0.1, 0.15) is 50.8 Å². The lowest BCUT2D eigenvalue weighted by molar-refractivity contribution is -0.133. The summed E-state index contributed by atoms with van der Waals surface area (Å²) in [6.45, 7) is 0.694. The summed E-state index contributed by atoms with van der Waals surface area (Å²) in [4.78, 5) is 26.2. The maximum Gasteiger partial charge on any atom is 0.339 e. The molecule has 0 bridgehead atoms. The molecule has 0 aromatic carbocycles. The molecule has 6 heteroatoms. The Morgan fingerprint density at radius 1 is 1.18 bits per heavy atom. The molecule has 0 atom stereocenters. The maximum atomic E-state index is 11.3. The second kappa shape index (κ2) is 7.77. The van der Waals surface area contributed by atoms with Gasteiger partial charge in [0.2, 0.25) is 0 Å². The highest BCUT2D eigenvalue weighted by molar-refractivity contribution is 6.18. The third-order valence-electron chi connectivity index (χ3n) is 4.13. The van der Waals surface area contributed by atoms with Gasteiger partial charge in [0.05, 0.1) is 0 Å². The molecule has 1 aromatic heterocycles. The van der Waals surface area contributed by atoms with E-state index in [9.17, 15) is 14.7 Å². The molecule has 1 aromatic rings. The highest BCUT2D eigenvalue weighted by Crippen LogP contribution is 2.25. The van der Waals surface area contributed by atoms with Crippen LogP contribution in [0.4, 0.5) is 0 Å². The fraction of sp³-hybridized carbons (Fsp3) is 0.562. The summed E-state index contributed by atoms with van der Waals surface area (Å²) >= 11 is 0. The van der Waals surface area contributed by atoms with Crippen LogP contribution in [0.25, 0.3) is 5.57 Å². The van der Waals surface area contributed by atoms with Crippen molar-refractivity contribution >= 4 is 17.5 Å². The summed E-state index contributed by atoms with van der Waals surface area (Å²) in [7, 11) is 0. The van der Waals surface area contributed by atoms with E-state index >= 15 is 0 Å². The Kier molecular flexibility index (Phi) is 5.75. The number of aromatic nitrogens is 2. The zero-order chi connectivity index (χ0) is 15.9. The van der Waals surface area contributed by atoms with Crippen LogP contribution in [-0.4, -0.2) is 31.7 Å². The van der Waals surface area contributed by atoms with Gasteiger partial charge in [-0.3, -0.25) is 0 Å². The van der Waals surface area contributed by atoms with Crippen molar-refractivity contribution in [3.05, 3.63) is 24.3 Å². The highest BCUT2D eigenvalue weighted by Gasteiger charge is 2.20. The van der Waals surface area contributed by atoms with Gasteiger partial charge >= 0.3 is 11.9 Å². The molecule has 0 amide bonds. The fourth-order valence-electron chi connectivity index (χ4n) is 3.05. The molecule has 1 saturated carbocycles. The van der Waals surface area contributed by atoms with E-state index in [-0.39, 0.29) is 11.4 Å². The minimum Gasteiger partial charge on any atom is -0.478 e. The van der Waals surface area contributed by atoms with E-state index in [2.05, 4.69) is 4.98 Å². The van der Waals surface area contributed by atoms with Gasteiger partial charge in [0.1, 0.15) is 11.4 Å². The minimum atomic E-state index is -1.28. The van der Waals surface area contributed by atoms with Gasteiger partial charge in [-0.2, -0.15) is 0 Å². The van der Waals surface area contributed by atoms with Gasteiger partial charge in [-0.1, -0.05) is 32.1 Å². The molecule has 1 heterocycles. The predicted octanol–water partition coefficient (Wildman–Crippen LogP) is 2.80. The summed E-state index contributed by atoms with van der Waals surface area (Å²) in [5.74, 6) is -1.84. The Morgan fingerprint density at radius 3 is 2.41 bits per heavy atom. The molecule has 2 N–H and O–H groups in total. The maximum absolute atomic E-state index is 11.3. The summed E-state index contributed by atoms with van der Waals surface area (Å²) in [5.41, 5.74) is -0.275. The average Bonchev–Trinajstić information content (AvgIpc) is 2.86. The van der Waals surface area contributed by atoms with Gasteiger partial charge in [0.25, 0.3) is 0 Å². The first kappa shape index (κ1) is 16.3. The lowest BCUT2D eigenvalue weighted by Gasteiger charge is -2.21. The summed E-state index contributed by atoms with van der Waals surface area (Å²) in [6.07, 6.45) is 12.4. The Morgan fingerprint density at radius 2 is 1.82 bits per heavy atom. The van der Waals surface area contributed by atoms with Crippen molar-refractivity contribution in [1.29, 1.82) is 0 Å². The molecule has 1 fully saturated rings. The lowest BCUT2D eigenvalue weighted by atomic mass is 9.91. The van der Waals surface area contributed by atoms with E-state index in [1.807, 2.05) is 0 Å². The number of carboxylic acid groups (broad SMARTS) is 2. The van der Waals surface area contributed by atoms with Crippen LogP contribution in [0.2, 0.25) is 0 Å². The van der Waals surface area contributed by atoms with Crippen LogP contribution < -0.4 is 0 Å². The van der Waals surface area contributed by atoms with Crippen LogP contribution in [0.15, 0.2) is 18.5 Å². The third kappa shape index (κ3) is 4.44. The first-order chi connectivity index (χ1) is 10.6. The van der Waals surface area contributed by atoms with Crippen LogP contribution in [0, 0.1) is 5.92 Å². The van der Waals surface area contributed by atoms with Crippen molar-refractivity contribution < 1.29 is 19.8 Å². The molecule has 0 saturated heterocycles. The van der Waals surface area contributed by atoms with Crippen molar-refractivity contribution in [1.82, 2.24) is 9.55 Å². The zero-order valence-electron chi connectivity index (χ0n) is 12.6. The number of nitrogens with zero attached hydrogens (tertiary/aromatic N) is 2. The van der Waals surface area contributed by atoms with E-state index in [1.54, 1.807) is 10.8 Å². The van der Waals surface area contributed by atoms with Crippen molar-refractivity contribution in [2.75, 3.05) is 0 Å². The molecule has 1 aliphatic carbocycles. The van der Waals surface area contributed by atoms with Crippen LogP contribution >= 0.6 is 0 Å². The average molecular weight is 306 g/mol. The molecule has 0 aliphatic heterocycles. The first-order valence-corrected chi connectivity index (χ1v) is 7.77. The van der Waals surface area contributed by atoms with Gasteiger partial charge in [-0.15, -0.1) is 0 Å². The smallest absolute Gasteiger partial charge is 0.339 e. The second-order valence-electron chi connectivity index (χ2n) is 5.82. The molecule has 0 unspecified atom stereocenters. The standard InChI is InChI=1S/C16H22N2O4/c19-14(20)10-13(16(21)22)15-17-8-9-18(15)11-12-6-4-2-1-3-5-7-12/h8-10,12H,1-7,11H2,(H,19,20)(H,21,22). The summed E-state index contributed by atoms with van der Waals surface area (Å²) in [6, 6.07) is 0. The second-order valence-corrected chi connectivity index (χ2v) is 5.82. The molecule has 120 valence electrons. The van der Waals surface area contributed by atoms with Gasteiger partial charge in [-0.25, -0.2) is 14.6 Å². The zero-order valence-corrected chi connectivity index (χ0v) is 12.6. The number of carboxylic acids is 2. The molecule has 0 spiro atoms. The number of hydrogen-bond donors (Lipinski definition) is 2. The van der Waals surface area contributed by atoms with Crippen LogP contribution in [0.3, 0.4) is 0 Å². The number of aliphatic carboxylic acids is 2. The summed E-state index contributed by atoms with van der Waals surface area (Å²) < 4.78 is 1.77. The van der Waals surface area contributed by atoms with Gasteiger partial charge < -0.3 is 14.8 Å². The molecule has 6 nitrogen and oxygen atoms in total. The first-order valence-electron chi connectivity index (χ1n) is 7.77. The molecule has 22 heavy (non-hydrogen) atoms. The summed E-state index contributed by atoms with van der Waals surface area (Å²) in [5, 5.41) is 18.1. The number of imidazole rings is 1. The molecular weight excluding hydrogens is 284 g/mol. The topological polar surface area (TPSA) is 92.4 Å². The van der Waals surface area contributed by atoms with E-state index in [4.69, 9.17) is 5.11 Å². The highest BCUT2D eigenvalue weighted by atomic mass is 16.4. The largest absolute Gasteiger partial charge is 0.478 e. The van der Waals surface area contributed by atoms with Crippen LogP contribution in [0.5, 0.6) is 0 Å². The van der Waals surface area contributed by atoms with E-state index in [0.29, 0.717) is 18.5 Å². The van der Waals surface area contributed by atoms with Gasteiger partial charge in [-0.05, 0) is 18.8 Å². The Bertz CT molecular complexity index is 554. The normalized spacial score (nSPS) is 17.7. The van der Waals surface area contributed by atoms with Gasteiger partial charge in [0.15, 0.2) is 0 Å². The Balaban J connectivity index is 2.17. The van der Waals surface area contributed by atoms with E-state index < -0.39 is 11.9 Å². The van der Waals surface area contributed by atoms with Crippen molar-refractivity contribution in [2.45, 2.75) is 51.5 Å². The molecule has 2 rings (SSSR count). The molecule has 0 radical (unpaired) electrons. The number of rotatable bonds is 5. The van der Waals surface area contributed by atoms with Crippen molar-refractivity contribution in [2.24, 2.45) is 5.92 Å².